The summed E-state index contributed by atoms with van der Waals surface area (Å²) in [5, 5.41) is 2.61. The molecule has 0 fully saturated rings. The van der Waals surface area contributed by atoms with Crippen molar-refractivity contribution in [3.8, 4) is 5.75 Å². The fraction of sp³-hybridized carbons (Fsp3) is 0.286. The summed E-state index contributed by atoms with van der Waals surface area (Å²) in [4.78, 5) is 35.4. The summed E-state index contributed by atoms with van der Waals surface area (Å²) in [6.07, 6.45) is 0.916. The van der Waals surface area contributed by atoms with E-state index in [1.165, 1.54) is 13.2 Å². The van der Waals surface area contributed by atoms with E-state index in [4.69, 9.17) is 9.47 Å². The Kier molecular flexibility index (Phi) is 7.56. The molecule has 1 amide bonds. The van der Waals surface area contributed by atoms with Crippen LogP contribution in [-0.2, 0) is 25.5 Å². The third kappa shape index (κ3) is 6.12. The number of ether oxygens (including phenoxy) is 3. The topological polar surface area (TPSA) is 90.9 Å². The quantitative estimate of drug-likeness (QED) is 0.703. The summed E-state index contributed by atoms with van der Waals surface area (Å²) in [6.45, 7) is 3.07. The van der Waals surface area contributed by atoms with Gasteiger partial charge in [0.15, 0.2) is 13.2 Å². The van der Waals surface area contributed by atoms with Gasteiger partial charge in [-0.3, -0.25) is 4.79 Å². The number of amides is 1. The molecule has 148 valence electrons. The molecule has 0 radical (unpaired) electrons. The van der Waals surface area contributed by atoms with Crippen LogP contribution in [0.2, 0.25) is 0 Å². The van der Waals surface area contributed by atoms with Crippen LogP contribution in [0, 0.1) is 6.92 Å². The second kappa shape index (κ2) is 10.1. The molecule has 0 saturated heterocycles. The third-order valence-corrected chi connectivity index (χ3v) is 3.99. The largest absolute Gasteiger partial charge is 0.482 e. The van der Waals surface area contributed by atoms with Crippen molar-refractivity contribution in [2.45, 2.75) is 20.3 Å². The Morgan fingerprint density at radius 1 is 1.00 bits per heavy atom. The highest BCUT2D eigenvalue weighted by molar-refractivity contribution is 5.96. The van der Waals surface area contributed by atoms with Gasteiger partial charge in [-0.25, -0.2) is 9.59 Å². The van der Waals surface area contributed by atoms with Crippen LogP contribution in [0.4, 0.5) is 5.69 Å². The number of methoxy groups -OCH3 is 1. The van der Waals surface area contributed by atoms with Crippen molar-refractivity contribution >= 4 is 23.5 Å². The van der Waals surface area contributed by atoms with Gasteiger partial charge in [-0.05, 0) is 48.7 Å². The third-order valence-electron chi connectivity index (χ3n) is 3.99. The lowest BCUT2D eigenvalue weighted by Crippen LogP contribution is -2.24. The second-order valence-corrected chi connectivity index (χ2v) is 6.02. The smallest absolute Gasteiger partial charge is 0.344 e. The van der Waals surface area contributed by atoms with E-state index in [1.54, 1.807) is 31.2 Å². The van der Waals surface area contributed by atoms with E-state index in [1.807, 2.05) is 19.1 Å². The van der Waals surface area contributed by atoms with E-state index in [0.717, 1.165) is 17.5 Å². The number of esters is 2. The first kappa shape index (κ1) is 21.0. The molecule has 0 aliphatic carbocycles. The predicted octanol–water partition coefficient (Wildman–Crippen LogP) is 2.90. The molecule has 0 aliphatic heterocycles. The molecule has 2 aromatic carbocycles. The average Bonchev–Trinajstić information content (AvgIpc) is 2.72. The van der Waals surface area contributed by atoms with Crippen molar-refractivity contribution in [1.29, 1.82) is 0 Å². The lowest BCUT2D eigenvalue weighted by molar-refractivity contribution is -0.149. The van der Waals surface area contributed by atoms with Gasteiger partial charge in [0.1, 0.15) is 5.75 Å². The van der Waals surface area contributed by atoms with E-state index in [-0.39, 0.29) is 6.61 Å². The van der Waals surface area contributed by atoms with Crippen LogP contribution in [0.5, 0.6) is 5.75 Å². The zero-order valence-corrected chi connectivity index (χ0v) is 16.1. The Balaban J connectivity index is 1.81. The Morgan fingerprint density at radius 3 is 2.36 bits per heavy atom. The van der Waals surface area contributed by atoms with Crippen LogP contribution in [-0.4, -0.2) is 38.2 Å². The van der Waals surface area contributed by atoms with Crippen molar-refractivity contribution in [3.05, 3.63) is 59.2 Å². The number of nitrogens with one attached hydrogen (secondary N) is 1. The number of benzene rings is 2. The normalized spacial score (nSPS) is 10.1. The van der Waals surface area contributed by atoms with Crippen molar-refractivity contribution < 1.29 is 28.6 Å². The number of anilines is 1. The molecule has 2 rings (SSSR count). The highest BCUT2D eigenvalue weighted by Gasteiger charge is 2.12. The summed E-state index contributed by atoms with van der Waals surface area (Å²) < 4.78 is 14.9. The van der Waals surface area contributed by atoms with Gasteiger partial charge in [0.2, 0.25) is 0 Å². The molecular formula is C21H23NO6. The van der Waals surface area contributed by atoms with Crippen LogP contribution in [0.1, 0.15) is 28.4 Å². The maximum absolute atomic E-state index is 12.0. The first-order chi connectivity index (χ1) is 13.4. The number of carbonyl (C=O) groups is 3. The van der Waals surface area contributed by atoms with Gasteiger partial charge in [-0.2, -0.15) is 0 Å². The molecular weight excluding hydrogens is 362 g/mol. The zero-order chi connectivity index (χ0) is 20.5. The minimum Gasteiger partial charge on any atom is -0.482 e. The zero-order valence-electron chi connectivity index (χ0n) is 16.1. The lowest BCUT2D eigenvalue weighted by atomic mass is 10.1. The van der Waals surface area contributed by atoms with Gasteiger partial charge in [0.25, 0.3) is 5.91 Å². The second-order valence-electron chi connectivity index (χ2n) is 6.02. The number of rotatable bonds is 8. The van der Waals surface area contributed by atoms with Crippen LogP contribution in [0.15, 0.2) is 42.5 Å². The predicted molar refractivity (Wildman–Crippen MR) is 103 cm³/mol. The number of aryl methyl sites for hydroxylation is 2. The Labute approximate surface area is 163 Å². The SMILES string of the molecule is CCc1ccc(OCC(=O)OCC(=O)Nc2cc(C(=O)OC)ccc2C)cc1. The van der Waals surface area contributed by atoms with Crippen molar-refractivity contribution in [2.24, 2.45) is 0 Å². The first-order valence-corrected chi connectivity index (χ1v) is 8.79. The van der Waals surface area contributed by atoms with Crippen molar-refractivity contribution in [1.82, 2.24) is 0 Å². The van der Waals surface area contributed by atoms with E-state index >= 15 is 0 Å². The minimum atomic E-state index is -0.658. The van der Waals surface area contributed by atoms with Gasteiger partial charge in [0, 0.05) is 5.69 Å². The van der Waals surface area contributed by atoms with Gasteiger partial charge < -0.3 is 19.5 Å². The summed E-state index contributed by atoms with van der Waals surface area (Å²) in [5.74, 6) is -1.14. The standard InChI is InChI=1S/C21H23NO6/c1-4-15-6-9-17(10-7-15)27-13-20(24)28-12-19(23)22-18-11-16(21(25)26-3)8-5-14(18)2/h5-11H,4,12-13H2,1-3H3,(H,22,23). The first-order valence-electron chi connectivity index (χ1n) is 8.79. The van der Waals surface area contributed by atoms with E-state index < -0.39 is 24.5 Å². The van der Waals surface area contributed by atoms with Crippen LogP contribution in [0.25, 0.3) is 0 Å². The van der Waals surface area contributed by atoms with Crippen molar-refractivity contribution in [2.75, 3.05) is 25.6 Å². The fourth-order valence-electron chi connectivity index (χ4n) is 2.34. The van der Waals surface area contributed by atoms with Crippen LogP contribution < -0.4 is 10.1 Å². The molecule has 7 heteroatoms. The molecule has 0 saturated carbocycles. The van der Waals surface area contributed by atoms with Crippen LogP contribution >= 0.6 is 0 Å². The number of hydrogen-bond donors (Lipinski definition) is 1. The van der Waals surface area contributed by atoms with Crippen LogP contribution in [0.3, 0.4) is 0 Å². The Hall–Kier alpha value is -3.35. The summed E-state index contributed by atoms with van der Waals surface area (Å²) in [5.41, 5.74) is 2.67. The van der Waals surface area contributed by atoms with Crippen molar-refractivity contribution in [3.63, 3.8) is 0 Å². The Bertz CT molecular complexity index is 844. The molecule has 0 atom stereocenters. The van der Waals surface area contributed by atoms with Gasteiger partial charge in [-0.15, -0.1) is 0 Å². The summed E-state index contributed by atoms with van der Waals surface area (Å²) >= 11 is 0. The molecule has 0 aromatic heterocycles. The minimum absolute atomic E-state index is 0.296. The fourth-order valence-corrected chi connectivity index (χ4v) is 2.34. The summed E-state index contributed by atoms with van der Waals surface area (Å²) in [7, 11) is 1.28. The van der Waals surface area contributed by atoms with Gasteiger partial charge in [0.05, 0.1) is 12.7 Å². The number of carbonyl (C=O) groups excluding carboxylic acids is 3. The molecule has 0 heterocycles. The summed E-state index contributed by atoms with van der Waals surface area (Å²) in [6, 6.07) is 12.2. The molecule has 0 spiro atoms. The molecule has 2 aromatic rings. The maximum atomic E-state index is 12.0. The van der Waals surface area contributed by atoms with E-state index in [9.17, 15) is 14.4 Å². The average molecular weight is 385 g/mol. The molecule has 0 bridgehead atoms. The monoisotopic (exact) mass is 385 g/mol. The molecule has 7 nitrogen and oxygen atoms in total. The highest BCUT2D eigenvalue weighted by atomic mass is 16.6. The lowest BCUT2D eigenvalue weighted by Gasteiger charge is -2.11. The highest BCUT2D eigenvalue weighted by Crippen LogP contribution is 2.17. The van der Waals surface area contributed by atoms with E-state index in [0.29, 0.717) is 17.0 Å². The maximum Gasteiger partial charge on any atom is 0.344 e. The molecule has 0 aliphatic rings. The van der Waals surface area contributed by atoms with Gasteiger partial charge in [-0.1, -0.05) is 25.1 Å². The number of hydrogen-bond acceptors (Lipinski definition) is 6. The van der Waals surface area contributed by atoms with E-state index in [2.05, 4.69) is 10.1 Å². The molecule has 1 N–H and O–H groups in total. The molecule has 28 heavy (non-hydrogen) atoms. The van der Waals surface area contributed by atoms with Gasteiger partial charge >= 0.3 is 11.9 Å². The molecule has 0 unspecified atom stereocenters. The Morgan fingerprint density at radius 2 is 1.71 bits per heavy atom.